The second kappa shape index (κ2) is 8.62. The Morgan fingerprint density at radius 2 is 1.86 bits per heavy atom. The third-order valence-electron chi connectivity index (χ3n) is 5.84. The number of aryl methyl sites for hydroxylation is 3. The first-order valence-electron chi connectivity index (χ1n) is 10.9. The zero-order valence-corrected chi connectivity index (χ0v) is 20.3. The molecule has 3 aromatic heterocycles. The fraction of sp³-hybridized carbons (Fsp3) is 0.200. The maximum atomic E-state index is 13.5. The van der Waals surface area contributed by atoms with Crippen molar-refractivity contribution in [2.75, 3.05) is 7.11 Å². The average molecular weight is 493 g/mol. The highest BCUT2D eigenvalue weighted by Gasteiger charge is 2.22. The van der Waals surface area contributed by atoms with Gasteiger partial charge in [-0.3, -0.25) is 9.36 Å². The number of aromatic nitrogens is 4. The smallest absolute Gasteiger partial charge is 0.336 e. The number of fused-ring (bicyclic) bond motifs is 1. The summed E-state index contributed by atoms with van der Waals surface area (Å²) in [6.45, 7) is 5.81. The van der Waals surface area contributed by atoms with Gasteiger partial charge in [0.05, 0.1) is 23.7 Å². The summed E-state index contributed by atoms with van der Waals surface area (Å²) < 4.78 is 27.0. The van der Waals surface area contributed by atoms with Gasteiger partial charge in [-0.15, -0.1) is 11.3 Å². The minimum absolute atomic E-state index is 0.318. The quantitative estimate of drug-likeness (QED) is 0.353. The van der Waals surface area contributed by atoms with Crippen LogP contribution >= 0.6 is 11.3 Å². The Morgan fingerprint density at radius 1 is 1.11 bits per heavy atom. The van der Waals surface area contributed by atoms with Gasteiger partial charge < -0.3 is 9.26 Å². The minimum atomic E-state index is -0.468. The standard InChI is InChI=1S/C25H21FN4O4S/c1-5-29-24-20(23(31)30(25(29)32)17-9-7-16(26)8-10-17)13(2)21(35-24)15-6-11-18(19(12-15)33-4)22-27-14(3)28-34-22/h6-12H,5H2,1-4H3. The van der Waals surface area contributed by atoms with Crippen LogP contribution in [0.4, 0.5) is 4.39 Å². The van der Waals surface area contributed by atoms with Crippen molar-refractivity contribution in [3.8, 4) is 33.3 Å². The predicted octanol–water partition coefficient (Wildman–Crippen LogP) is 4.72. The third kappa shape index (κ3) is 3.66. The van der Waals surface area contributed by atoms with Crippen LogP contribution in [-0.4, -0.2) is 26.4 Å². The van der Waals surface area contributed by atoms with Gasteiger partial charge in [0.1, 0.15) is 16.4 Å². The Kier molecular flexibility index (Phi) is 5.60. The number of ether oxygens (including phenoxy) is 1. The lowest BCUT2D eigenvalue weighted by atomic mass is 10.1. The molecule has 5 rings (SSSR count). The maximum absolute atomic E-state index is 13.5. The summed E-state index contributed by atoms with van der Waals surface area (Å²) in [4.78, 5) is 32.5. The summed E-state index contributed by atoms with van der Waals surface area (Å²) in [6, 6.07) is 10.9. The Morgan fingerprint density at radius 3 is 2.49 bits per heavy atom. The molecule has 0 aliphatic heterocycles. The molecule has 8 nitrogen and oxygen atoms in total. The van der Waals surface area contributed by atoms with Crippen LogP contribution in [0.3, 0.4) is 0 Å². The van der Waals surface area contributed by atoms with Crippen LogP contribution in [0.25, 0.3) is 37.8 Å². The first kappa shape index (κ1) is 22.7. The lowest BCUT2D eigenvalue weighted by Gasteiger charge is -2.10. The van der Waals surface area contributed by atoms with E-state index in [4.69, 9.17) is 9.26 Å². The van der Waals surface area contributed by atoms with Gasteiger partial charge in [-0.25, -0.2) is 13.8 Å². The Hall–Kier alpha value is -4.05. The lowest BCUT2D eigenvalue weighted by Crippen LogP contribution is -2.38. The highest BCUT2D eigenvalue weighted by Crippen LogP contribution is 2.40. The predicted molar refractivity (Wildman–Crippen MR) is 132 cm³/mol. The second-order valence-electron chi connectivity index (χ2n) is 7.94. The molecule has 0 N–H and O–H groups in total. The largest absolute Gasteiger partial charge is 0.496 e. The van der Waals surface area contributed by atoms with Crippen LogP contribution in [0.1, 0.15) is 18.3 Å². The molecule has 0 fully saturated rings. The summed E-state index contributed by atoms with van der Waals surface area (Å²) in [5, 5.41) is 4.29. The van der Waals surface area contributed by atoms with E-state index in [9.17, 15) is 14.0 Å². The fourth-order valence-corrected chi connectivity index (χ4v) is 5.49. The molecule has 5 aromatic rings. The van der Waals surface area contributed by atoms with E-state index in [0.29, 0.717) is 45.5 Å². The molecule has 0 radical (unpaired) electrons. The van der Waals surface area contributed by atoms with E-state index in [0.717, 1.165) is 20.6 Å². The number of halogens is 1. The van der Waals surface area contributed by atoms with E-state index in [1.807, 2.05) is 32.0 Å². The Balaban J connectivity index is 1.74. The Bertz CT molecular complexity index is 1700. The number of rotatable bonds is 5. The molecule has 0 atom stereocenters. The molecule has 0 amide bonds. The van der Waals surface area contributed by atoms with E-state index in [-0.39, 0.29) is 0 Å². The molecular weight excluding hydrogens is 471 g/mol. The Labute approximate surface area is 202 Å². The molecule has 2 aromatic carbocycles. The molecule has 0 saturated carbocycles. The first-order chi connectivity index (χ1) is 16.8. The van der Waals surface area contributed by atoms with Crippen LogP contribution in [-0.2, 0) is 6.54 Å². The lowest BCUT2D eigenvalue weighted by molar-refractivity contribution is 0.404. The number of hydrogen-bond donors (Lipinski definition) is 0. The van der Waals surface area contributed by atoms with Gasteiger partial charge in [-0.2, -0.15) is 4.98 Å². The fourth-order valence-electron chi connectivity index (χ4n) is 4.13. The molecule has 10 heteroatoms. The van der Waals surface area contributed by atoms with Crippen LogP contribution < -0.4 is 16.0 Å². The highest BCUT2D eigenvalue weighted by molar-refractivity contribution is 7.22. The van der Waals surface area contributed by atoms with E-state index in [2.05, 4.69) is 10.1 Å². The number of thiophene rings is 1. The van der Waals surface area contributed by atoms with Gasteiger partial charge in [0.15, 0.2) is 5.82 Å². The summed E-state index contributed by atoms with van der Waals surface area (Å²) in [5.41, 5.74) is 1.63. The minimum Gasteiger partial charge on any atom is -0.496 e. The van der Waals surface area contributed by atoms with Gasteiger partial charge >= 0.3 is 5.69 Å². The topological polar surface area (TPSA) is 92.2 Å². The molecule has 35 heavy (non-hydrogen) atoms. The second-order valence-corrected chi connectivity index (χ2v) is 8.94. The SMILES string of the molecule is CCn1c(=O)n(-c2ccc(F)cc2)c(=O)c2c(C)c(-c3ccc(-c4nc(C)no4)c(OC)c3)sc21. The molecular formula is C25H21FN4O4S. The van der Waals surface area contributed by atoms with Gasteiger partial charge in [0.2, 0.25) is 0 Å². The van der Waals surface area contributed by atoms with Crippen molar-refractivity contribution < 1.29 is 13.7 Å². The highest BCUT2D eigenvalue weighted by atomic mass is 32.1. The van der Waals surface area contributed by atoms with E-state index < -0.39 is 17.1 Å². The zero-order chi connectivity index (χ0) is 24.9. The molecule has 0 saturated heterocycles. The normalized spacial score (nSPS) is 11.3. The summed E-state index contributed by atoms with van der Waals surface area (Å²) >= 11 is 1.37. The van der Waals surface area contributed by atoms with E-state index in [1.54, 1.807) is 18.6 Å². The summed E-state index contributed by atoms with van der Waals surface area (Å²) in [7, 11) is 1.56. The van der Waals surface area contributed by atoms with Crippen molar-refractivity contribution in [2.24, 2.45) is 0 Å². The van der Waals surface area contributed by atoms with E-state index in [1.165, 1.54) is 35.6 Å². The van der Waals surface area contributed by atoms with Gasteiger partial charge in [-0.1, -0.05) is 11.2 Å². The van der Waals surface area contributed by atoms with Crippen molar-refractivity contribution in [3.63, 3.8) is 0 Å². The van der Waals surface area contributed by atoms with Crippen molar-refractivity contribution in [3.05, 3.63) is 80.5 Å². The van der Waals surface area contributed by atoms with Gasteiger partial charge in [0, 0.05) is 11.4 Å². The van der Waals surface area contributed by atoms with Crippen molar-refractivity contribution >= 4 is 21.6 Å². The maximum Gasteiger partial charge on any atom is 0.336 e. The number of methoxy groups -OCH3 is 1. The zero-order valence-electron chi connectivity index (χ0n) is 19.5. The molecule has 0 spiro atoms. The van der Waals surface area contributed by atoms with Crippen molar-refractivity contribution in [2.45, 2.75) is 27.3 Å². The first-order valence-corrected chi connectivity index (χ1v) is 11.7. The number of benzene rings is 2. The molecule has 0 aliphatic rings. The van der Waals surface area contributed by atoms with Crippen molar-refractivity contribution in [1.29, 1.82) is 0 Å². The molecule has 0 aliphatic carbocycles. The molecule has 0 unspecified atom stereocenters. The molecule has 3 heterocycles. The monoisotopic (exact) mass is 492 g/mol. The van der Waals surface area contributed by atoms with Crippen LogP contribution in [0.2, 0.25) is 0 Å². The van der Waals surface area contributed by atoms with Crippen LogP contribution in [0, 0.1) is 19.7 Å². The van der Waals surface area contributed by atoms with Crippen LogP contribution in [0.5, 0.6) is 5.75 Å². The average Bonchev–Trinajstić information content (AvgIpc) is 3.43. The number of hydrogen-bond acceptors (Lipinski definition) is 7. The van der Waals surface area contributed by atoms with Crippen LogP contribution in [0.15, 0.2) is 56.6 Å². The van der Waals surface area contributed by atoms with Gasteiger partial charge in [0.25, 0.3) is 11.4 Å². The summed E-state index contributed by atoms with van der Waals surface area (Å²) in [5.74, 6) is 0.961. The van der Waals surface area contributed by atoms with Crippen molar-refractivity contribution in [1.82, 2.24) is 19.3 Å². The molecule has 0 bridgehead atoms. The van der Waals surface area contributed by atoms with E-state index >= 15 is 0 Å². The summed E-state index contributed by atoms with van der Waals surface area (Å²) in [6.07, 6.45) is 0. The third-order valence-corrected chi connectivity index (χ3v) is 7.20. The molecule has 178 valence electrons. The number of nitrogens with zero attached hydrogens (tertiary/aromatic N) is 4. The van der Waals surface area contributed by atoms with Gasteiger partial charge in [-0.05, 0) is 68.3 Å².